The molecule has 0 aromatic heterocycles. The number of hydrogen-bond donors (Lipinski definition) is 2. The molecule has 32 heavy (non-hydrogen) atoms. The van der Waals surface area contributed by atoms with Crippen LogP contribution in [0.25, 0.3) is 0 Å². The van der Waals surface area contributed by atoms with Crippen molar-refractivity contribution in [3.63, 3.8) is 0 Å². The highest BCUT2D eigenvalue weighted by atomic mass is 16.5. The van der Waals surface area contributed by atoms with Crippen LogP contribution in [0.5, 0.6) is 5.75 Å². The molecule has 2 aromatic carbocycles. The van der Waals surface area contributed by atoms with Crippen molar-refractivity contribution in [1.29, 1.82) is 0 Å². The first kappa shape index (κ1) is 23.3. The van der Waals surface area contributed by atoms with Crippen molar-refractivity contribution in [2.45, 2.75) is 52.2 Å². The van der Waals surface area contributed by atoms with Gasteiger partial charge in [-0.25, -0.2) is 0 Å². The third-order valence-corrected chi connectivity index (χ3v) is 5.85. The first-order valence-corrected chi connectivity index (χ1v) is 11.1. The van der Waals surface area contributed by atoms with E-state index >= 15 is 0 Å². The van der Waals surface area contributed by atoms with Crippen molar-refractivity contribution in [2.75, 3.05) is 6.54 Å². The quantitative estimate of drug-likeness (QED) is 0.621. The summed E-state index contributed by atoms with van der Waals surface area (Å²) in [6, 6.07) is 17.3. The molecule has 1 aliphatic rings. The van der Waals surface area contributed by atoms with Gasteiger partial charge in [0.05, 0.1) is 5.92 Å². The average molecular weight is 438 g/mol. The predicted octanol–water partition coefficient (Wildman–Crippen LogP) is 3.16. The average Bonchev–Trinajstić information content (AvgIpc) is 3.17. The molecule has 3 unspecified atom stereocenters. The van der Waals surface area contributed by atoms with Gasteiger partial charge in [-0.3, -0.25) is 25.2 Å². The van der Waals surface area contributed by atoms with E-state index in [4.69, 9.17) is 4.74 Å². The second-order valence-electron chi connectivity index (χ2n) is 8.25. The Bertz CT molecular complexity index is 947. The number of hydrazine groups is 1. The van der Waals surface area contributed by atoms with Crippen LogP contribution in [0.4, 0.5) is 0 Å². The van der Waals surface area contributed by atoms with E-state index in [1.165, 1.54) is 0 Å². The minimum atomic E-state index is -0.791. The predicted molar refractivity (Wildman–Crippen MR) is 121 cm³/mol. The normalized spacial score (nSPS) is 17.5. The zero-order valence-electron chi connectivity index (χ0n) is 18.8. The molecule has 2 aromatic rings. The van der Waals surface area contributed by atoms with Crippen LogP contribution in [0.3, 0.4) is 0 Å². The van der Waals surface area contributed by atoms with Crippen LogP contribution in [0, 0.1) is 5.92 Å². The SMILES string of the molecule is CCC(C)c1ccccc1OC(C)C(=O)NNC(=O)C1CC(=O)N(Cc2ccccc2)C1. The van der Waals surface area contributed by atoms with Gasteiger partial charge in [-0.2, -0.15) is 0 Å². The molecule has 3 rings (SSSR count). The Labute approximate surface area is 189 Å². The molecule has 1 fully saturated rings. The number of para-hydroxylation sites is 1. The molecular formula is C25H31N3O4. The number of rotatable bonds is 8. The van der Waals surface area contributed by atoms with Crippen LogP contribution in [0.15, 0.2) is 54.6 Å². The third kappa shape index (κ3) is 5.87. The molecule has 7 nitrogen and oxygen atoms in total. The van der Waals surface area contributed by atoms with Gasteiger partial charge in [0, 0.05) is 19.5 Å². The summed E-state index contributed by atoms with van der Waals surface area (Å²) in [5.74, 6) is -0.446. The molecule has 3 atom stereocenters. The number of benzene rings is 2. The van der Waals surface area contributed by atoms with E-state index in [0.717, 1.165) is 17.5 Å². The van der Waals surface area contributed by atoms with E-state index in [1.54, 1.807) is 11.8 Å². The zero-order chi connectivity index (χ0) is 23.1. The molecule has 0 aliphatic carbocycles. The Balaban J connectivity index is 1.49. The number of nitrogens with zero attached hydrogens (tertiary/aromatic N) is 1. The highest BCUT2D eigenvalue weighted by Crippen LogP contribution is 2.29. The third-order valence-electron chi connectivity index (χ3n) is 5.85. The first-order chi connectivity index (χ1) is 15.4. The minimum Gasteiger partial charge on any atom is -0.481 e. The Hall–Kier alpha value is -3.35. The van der Waals surface area contributed by atoms with Gasteiger partial charge in [-0.15, -0.1) is 0 Å². The van der Waals surface area contributed by atoms with E-state index < -0.39 is 17.9 Å². The fourth-order valence-corrected chi connectivity index (χ4v) is 3.69. The molecule has 0 radical (unpaired) electrons. The summed E-state index contributed by atoms with van der Waals surface area (Å²) < 4.78 is 5.86. The minimum absolute atomic E-state index is 0.0707. The molecule has 2 N–H and O–H groups in total. The topological polar surface area (TPSA) is 87.7 Å². The summed E-state index contributed by atoms with van der Waals surface area (Å²) in [7, 11) is 0. The molecule has 0 bridgehead atoms. The summed E-state index contributed by atoms with van der Waals surface area (Å²) in [5.41, 5.74) is 6.93. The summed E-state index contributed by atoms with van der Waals surface area (Å²) in [5, 5.41) is 0. The van der Waals surface area contributed by atoms with Crippen LogP contribution >= 0.6 is 0 Å². The molecular weight excluding hydrogens is 406 g/mol. The molecule has 7 heteroatoms. The summed E-state index contributed by atoms with van der Waals surface area (Å²) in [6.45, 7) is 6.63. The van der Waals surface area contributed by atoms with Crippen molar-refractivity contribution in [3.05, 3.63) is 65.7 Å². The van der Waals surface area contributed by atoms with Crippen molar-refractivity contribution in [3.8, 4) is 5.75 Å². The Morgan fingerprint density at radius 3 is 2.47 bits per heavy atom. The first-order valence-electron chi connectivity index (χ1n) is 11.1. The van der Waals surface area contributed by atoms with Gasteiger partial charge in [-0.1, -0.05) is 62.4 Å². The van der Waals surface area contributed by atoms with Gasteiger partial charge < -0.3 is 9.64 Å². The highest BCUT2D eigenvalue weighted by Gasteiger charge is 2.34. The standard InChI is InChI=1S/C25H31N3O4/c1-4-17(2)21-12-8-9-13-22(21)32-18(3)24(30)26-27-25(31)20-14-23(29)28(16-20)15-19-10-6-5-7-11-19/h5-13,17-18,20H,4,14-16H2,1-3H3,(H,26,30)(H,27,31). The van der Waals surface area contributed by atoms with Crippen molar-refractivity contribution in [1.82, 2.24) is 15.8 Å². The van der Waals surface area contributed by atoms with Crippen LogP contribution in [-0.2, 0) is 20.9 Å². The Kier molecular flexibility index (Phi) is 7.87. The molecule has 3 amide bonds. The number of likely N-dealkylation sites (tertiary alicyclic amines) is 1. The van der Waals surface area contributed by atoms with E-state index in [-0.39, 0.29) is 18.2 Å². The summed E-state index contributed by atoms with van der Waals surface area (Å²) >= 11 is 0. The van der Waals surface area contributed by atoms with Crippen LogP contribution in [0.1, 0.15) is 50.7 Å². The van der Waals surface area contributed by atoms with Gasteiger partial charge in [0.25, 0.3) is 5.91 Å². The molecule has 1 heterocycles. The van der Waals surface area contributed by atoms with E-state index in [0.29, 0.717) is 24.8 Å². The zero-order valence-corrected chi connectivity index (χ0v) is 18.8. The Morgan fingerprint density at radius 1 is 1.06 bits per heavy atom. The second kappa shape index (κ2) is 10.8. The lowest BCUT2D eigenvalue weighted by atomic mass is 9.98. The largest absolute Gasteiger partial charge is 0.481 e. The molecule has 0 saturated carbocycles. The lowest BCUT2D eigenvalue weighted by molar-refractivity contribution is -0.134. The van der Waals surface area contributed by atoms with Gasteiger partial charge in [0.1, 0.15) is 5.75 Å². The van der Waals surface area contributed by atoms with E-state index in [9.17, 15) is 14.4 Å². The van der Waals surface area contributed by atoms with Crippen LogP contribution in [-0.4, -0.2) is 35.3 Å². The number of amides is 3. The van der Waals surface area contributed by atoms with Crippen molar-refractivity contribution in [2.24, 2.45) is 5.92 Å². The van der Waals surface area contributed by atoms with Crippen molar-refractivity contribution >= 4 is 17.7 Å². The number of ether oxygens (including phenoxy) is 1. The van der Waals surface area contributed by atoms with Crippen LogP contribution in [0.2, 0.25) is 0 Å². The number of carbonyl (C=O) groups excluding carboxylic acids is 3. The van der Waals surface area contributed by atoms with Gasteiger partial charge >= 0.3 is 0 Å². The fraction of sp³-hybridized carbons (Fsp3) is 0.400. The summed E-state index contributed by atoms with van der Waals surface area (Å²) in [4.78, 5) is 38.9. The highest BCUT2D eigenvalue weighted by molar-refractivity contribution is 5.90. The molecule has 1 aliphatic heterocycles. The maximum atomic E-state index is 12.5. The van der Waals surface area contributed by atoms with E-state index in [1.807, 2.05) is 54.6 Å². The molecule has 0 spiro atoms. The van der Waals surface area contributed by atoms with E-state index in [2.05, 4.69) is 24.7 Å². The molecule has 170 valence electrons. The maximum Gasteiger partial charge on any atom is 0.279 e. The monoisotopic (exact) mass is 437 g/mol. The van der Waals surface area contributed by atoms with Gasteiger partial charge in [0.2, 0.25) is 11.8 Å². The number of nitrogens with one attached hydrogen (secondary N) is 2. The van der Waals surface area contributed by atoms with Gasteiger partial charge in [-0.05, 0) is 36.5 Å². The van der Waals surface area contributed by atoms with Crippen molar-refractivity contribution < 1.29 is 19.1 Å². The molecule has 1 saturated heterocycles. The smallest absolute Gasteiger partial charge is 0.279 e. The summed E-state index contributed by atoms with van der Waals surface area (Å²) in [6.07, 6.45) is 0.293. The number of hydrogen-bond acceptors (Lipinski definition) is 4. The maximum absolute atomic E-state index is 12.5. The lowest BCUT2D eigenvalue weighted by Crippen LogP contribution is -2.49. The van der Waals surface area contributed by atoms with Gasteiger partial charge in [0.15, 0.2) is 6.10 Å². The fourth-order valence-electron chi connectivity index (χ4n) is 3.69. The van der Waals surface area contributed by atoms with Crippen LogP contribution < -0.4 is 15.6 Å². The lowest BCUT2D eigenvalue weighted by Gasteiger charge is -2.20. The second-order valence-corrected chi connectivity index (χ2v) is 8.25. The number of carbonyl (C=O) groups is 3. The Morgan fingerprint density at radius 2 is 1.75 bits per heavy atom.